The van der Waals surface area contributed by atoms with Gasteiger partial charge in [-0.15, -0.1) is 53.6 Å². The molecule has 0 radical (unpaired) electrons. The number of anilines is 2. The third-order valence-electron chi connectivity index (χ3n) is 12.7. The van der Waals surface area contributed by atoms with Gasteiger partial charge in [0.15, 0.2) is 0 Å². The second-order valence-corrected chi connectivity index (χ2v) is 22.8. The number of rotatable bonds is 8. The van der Waals surface area contributed by atoms with Gasteiger partial charge in [-0.3, -0.25) is 0 Å². The largest absolute Gasteiger partial charge is 0.509 e. The average Bonchev–Trinajstić information content (AvgIpc) is 3.81. The standard InChI is InChI=1S/C60H69N4O.Pt/c1-38(2)47-21-19-22-48(39(3)4)54(47)40-24-26-43(27-25-40)62-37-63(56(60(14,15)16)55(62)59(11,12)13)44-32-42(58(8,9)10)33-46(35-44)65-45-28-29-50-49-20-17-18-23-51(49)64(52(50)36-45)53-34-41(30-31-61-53)57(5,6)7;/h17-34,37-39H,1-16H3;/q-3;. The van der Waals surface area contributed by atoms with Crippen LogP contribution in [0.25, 0.3) is 38.8 Å². The van der Waals surface area contributed by atoms with Crippen LogP contribution in [0.2, 0.25) is 0 Å². The molecule has 7 aromatic rings. The average molecular weight is 1060 g/mol. The van der Waals surface area contributed by atoms with Crippen LogP contribution in [0.4, 0.5) is 11.4 Å². The molecule has 0 amide bonds. The molecular weight excluding hydrogens is 988 g/mol. The van der Waals surface area contributed by atoms with Gasteiger partial charge in [-0.1, -0.05) is 165 Å². The summed E-state index contributed by atoms with van der Waals surface area (Å²) in [6.07, 6.45) is 1.91. The number of hydrogen-bond donors (Lipinski definition) is 0. The summed E-state index contributed by atoms with van der Waals surface area (Å²) in [6.45, 7) is 38.9. The number of benzene rings is 5. The van der Waals surface area contributed by atoms with E-state index in [0.29, 0.717) is 23.3 Å². The normalized spacial score (nSPS) is 14.0. The molecule has 0 saturated carbocycles. The fourth-order valence-electron chi connectivity index (χ4n) is 9.39. The molecule has 0 fully saturated rings. The Bertz CT molecular complexity index is 2900. The van der Waals surface area contributed by atoms with Crippen LogP contribution in [-0.4, -0.2) is 9.55 Å². The third kappa shape index (κ3) is 9.40. The Balaban J connectivity index is 0.00000648. The van der Waals surface area contributed by atoms with E-state index in [1.807, 2.05) is 12.3 Å². The van der Waals surface area contributed by atoms with Crippen molar-refractivity contribution in [3.8, 4) is 28.4 Å². The number of para-hydroxylation sites is 1. The van der Waals surface area contributed by atoms with Crippen LogP contribution in [0, 0.1) is 29.6 Å². The van der Waals surface area contributed by atoms with Crippen LogP contribution < -0.4 is 14.5 Å². The van der Waals surface area contributed by atoms with Crippen molar-refractivity contribution in [2.24, 2.45) is 10.8 Å². The summed E-state index contributed by atoms with van der Waals surface area (Å²) in [7, 11) is 0. The van der Waals surface area contributed by atoms with E-state index in [9.17, 15) is 0 Å². The zero-order chi connectivity index (χ0) is 47.0. The van der Waals surface area contributed by atoms with E-state index >= 15 is 0 Å². The summed E-state index contributed by atoms with van der Waals surface area (Å²) in [5.41, 5.74) is 13.8. The van der Waals surface area contributed by atoms with Crippen LogP contribution in [0.15, 0.2) is 121 Å². The Morgan fingerprint density at radius 1 is 0.561 bits per heavy atom. The number of aromatic nitrogens is 2. The minimum absolute atomic E-state index is 0. The third-order valence-corrected chi connectivity index (χ3v) is 12.7. The summed E-state index contributed by atoms with van der Waals surface area (Å²) in [5, 5.41) is 2.25. The molecule has 0 saturated heterocycles. The first kappa shape index (κ1) is 48.8. The van der Waals surface area contributed by atoms with Gasteiger partial charge in [0.05, 0.1) is 0 Å². The zero-order valence-corrected chi connectivity index (χ0v) is 44.4. The molecule has 0 N–H and O–H groups in total. The minimum atomic E-state index is -0.215. The number of ether oxygens (including phenoxy) is 1. The Labute approximate surface area is 410 Å². The summed E-state index contributed by atoms with van der Waals surface area (Å²) in [6, 6.07) is 45.0. The summed E-state index contributed by atoms with van der Waals surface area (Å²) in [5.74, 6) is 2.97. The van der Waals surface area contributed by atoms with Crippen molar-refractivity contribution < 1.29 is 25.8 Å². The monoisotopic (exact) mass is 1060 g/mol. The fourth-order valence-corrected chi connectivity index (χ4v) is 9.39. The van der Waals surface area contributed by atoms with Crippen molar-refractivity contribution in [2.75, 3.05) is 9.80 Å². The van der Waals surface area contributed by atoms with E-state index < -0.39 is 0 Å². The topological polar surface area (TPSA) is 33.5 Å². The molecule has 0 atom stereocenters. The van der Waals surface area contributed by atoms with Crippen molar-refractivity contribution in [3.63, 3.8) is 0 Å². The molecule has 5 nitrogen and oxygen atoms in total. The maximum absolute atomic E-state index is 6.91. The molecule has 8 rings (SSSR count). The summed E-state index contributed by atoms with van der Waals surface area (Å²) in [4.78, 5) is 9.67. The fraction of sp³-hybridized carbons (Fsp3) is 0.367. The number of hydrogen-bond acceptors (Lipinski definition) is 4. The van der Waals surface area contributed by atoms with Gasteiger partial charge in [0, 0.05) is 72.2 Å². The molecule has 0 bridgehead atoms. The van der Waals surface area contributed by atoms with Crippen LogP contribution >= 0.6 is 0 Å². The summed E-state index contributed by atoms with van der Waals surface area (Å²) >= 11 is 0. The van der Waals surface area contributed by atoms with Crippen molar-refractivity contribution >= 4 is 33.2 Å². The predicted molar refractivity (Wildman–Crippen MR) is 275 cm³/mol. The SMILES string of the molecule is CC(C)c1cccc(C(C)C)c1-c1ccc(N2[CH-]N(c3[c-]c(Oc4[c-]c5c(cc4)c4ccccc4n5-c4cc(C(C)(C)C)ccn4)cc(C(C)(C)C)c3)C(C(C)(C)C)=C2C(C)(C)C)cc1.[Pt]. The molecule has 5 aromatic carbocycles. The van der Waals surface area contributed by atoms with E-state index in [2.05, 4.69) is 241 Å². The molecule has 0 spiro atoms. The summed E-state index contributed by atoms with van der Waals surface area (Å²) < 4.78 is 9.12. The Hall–Kier alpha value is -5.12. The first-order valence-corrected chi connectivity index (χ1v) is 23.5. The predicted octanol–water partition coefficient (Wildman–Crippen LogP) is 16.8. The number of fused-ring (bicyclic) bond motifs is 3. The van der Waals surface area contributed by atoms with Crippen molar-refractivity contribution in [1.82, 2.24) is 9.55 Å². The smallest absolute Gasteiger partial charge is 0.135 e. The molecule has 3 heterocycles. The molecule has 2 aromatic heterocycles. The molecule has 1 aliphatic rings. The van der Waals surface area contributed by atoms with E-state index in [-0.39, 0.29) is 42.7 Å². The van der Waals surface area contributed by atoms with E-state index in [0.717, 1.165) is 44.6 Å². The second-order valence-electron chi connectivity index (χ2n) is 22.8. The Morgan fingerprint density at radius 3 is 1.76 bits per heavy atom. The van der Waals surface area contributed by atoms with Crippen LogP contribution in [-0.2, 0) is 31.9 Å². The zero-order valence-electron chi connectivity index (χ0n) is 42.1. The van der Waals surface area contributed by atoms with Crippen LogP contribution in [0.5, 0.6) is 11.5 Å². The molecule has 0 unspecified atom stereocenters. The first-order valence-electron chi connectivity index (χ1n) is 23.5. The van der Waals surface area contributed by atoms with Gasteiger partial charge in [-0.2, -0.15) is 6.07 Å². The van der Waals surface area contributed by atoms with Crippen LogP contribution in [0.3, 0.4) is 0 Å². The van der Waals surface area contributed by atoms with Gasteiger partial charge >= 0.3 is 0 Å². The number of pyridine rings is 1. The van der Waals surface area contributed by atoms with Gasteiger partial charge in [0.2, 0.25) is 0 Å². The maximum Gasteiger partial charge on any atom is 0.135 e. The van der Waals surface area contributed by atoms with E-state index in [1.54, 1.807) is 0 Å². The van der Waals surface area contributed by atoms with Crippen molar-refractivity contribution in [2.45, 2.75) is 133 Å². The Morgan fingerprint density at radius 2 is 1.17 bits per heavy atom. The second kappa shape index (κ2) is 17.8. The van der Waals surface area contributed by atoms with Gasteiger partial charge in [-0.05, 0) is 86.2 Å². The molecule has 0 aliphatic carbocycles. The molecule has 6 heteroatoms. The quantitative estimate of drug-likeness (QED) is 0.142. The van der Waals surface area contributed by atoms with Crippen molar-refractivity contribution in [3.05, 3.63) is 162 Å². The van der Waals surface area contributed by atoms with Gasteiger partial charge < -0.3 is 19.1 Å². The van der Waals surface area contributed by atoms with Crippen LogP contribution in [0.1, 0.15) is 145 Å². The number of nitrogens with zero attached hydrogens (tertiary/aromatic N) is 4. The molecule has 1 aliphatic heterocycles. The Kier molecular flexibility index (Phi) is 13.2. The van der Waals surface area contributed by atoms with E-state index in [1.165, 1.54) is 39.2 Å². The minimum Gasteiger partial charge on any atom is -0.509 e. The van der Waals surface area contributed by atoms with E-state index in [4.69, 9.17) is 9.72 Å². The van der Waals surface area contributed by atoms with Gasteiger partial charge in [0.25, 0.3) is 0 Å². The van der Waals surface area contributed by atoms with Gasteiger partial charge in [0.1, 0.15) is 5.82 Å². The number of allylic oxidation sites excluding steroid dienone is 2. The molecular formula is C60H69N4OPt-3. The maximum atomic E-state index is 6.91. The molecule has 348 valence electrons. The van der Waals surface area contributed by atoms with Crippen molar-refractivity contribution in [1.29, 1.82) is 0 Å². The first-order chi connectivity index (χ1) is 30.4. The van der Waals surface area contributed by atoms with Gasteiger partial charge in [-0.25, -0.2) is 4.98 Å². The molecule has 66 heavy (non-hydrogen) atoms.